The van der Waals surface area contributed by atoms with Crippen molar-refractivity contribution in [1.82, 2.24) is 55.6 Å². The van der Waals surface area contributed by atoms with Gasteiger partial charge in [-0.25, -0.2) is 0 Å². The number of likely N-dealkylation sites (N-methyl/N-ethyl adjacent to an activating group) is 7. The fourth-order valence-corrected chi connectivity index (χ4v) is 10.7. The molecule has 11 amide bonds. The average molecular weight is 1210 g/mol. The summed E-state index contributed by atoms with van der Waals surface area (Å²) in [5.41, 5.74) is -0.363. The second-order valence-corrected chi connectivity index (χ2v) is 26.2. The van der Waals surface area contributed by atoms with Crippen molar-refractivity contribution in [2.24, 2.45) is 41.4 Å². The maximum Gasteiger partial charge on any atom is 0.270 e. The predicted octanol–water partition coefficient (Wildman–Crippen LogP) is 3.78. The smallest absolute Gasteiger partial charge is 0.270 e. The summed E-state index contributed by atoms with van der Waals surface area (Å²) in [5.74, 6) is -10.3. The van der Waals surface area contributed by atoms with E-state index in [1.165, 1.54) is 82.8 Å². The van der Waals surface area contributed by atoms with Gasteiger partial charge in [0.15, 0.2) is 0 Å². The van der Waals surface area contributed by atoms with E-state index < -0.39 is 149 Å². The number of rotatable bonds is 15. The van der Waals surface area contributed by atoms with Crippen molar-refractivity contribution < 1.29 is 57.8 Å². The number of amides is 11. The second kappa shape index (κ2) is 34.8. The maximum absolute atomic E-state index is 15.2. The van der Waals surface area contributed by atoms with Gasteiger partial charge < -0.3 is 60.7 Å². The number of nitrogens with zero attached hydrogens (tertiary/aromatic N) is 7. The molecule has 1 heterocycles. The van der Waals surface area contributed by atoms with Crippen LogP contribution in [0.1, 0.15) is 156 Å². The lowest BCUT2D eigenvalue weighted by molar-refractivity contribution is -0.157. The van der Waals surface area contributed by atoms with E-state index in [9.17, 15) is 48.3 Å². The number of aliphatic hydroxyl groups is 1. The summed E-state index contributed by atoms with van der Waals surface area (Å²) < 4.78 is 0. The number of carbonyl (C=O) groups is 11. The molecule has 0 spiro atoms. The van der Waals surface area contributed by atoms with E-state index in [1.54, 1.807) is 60.6 Å². The third-order valence-corrected chi connectivity index (χ3v) is 16.2. The van der Waals surface area contributed by atoms with Gasteiger partial charge in [-0.3, -0.25) is 52.7 Å². The van der Waals surface area contributed by atoms with Crippen molar-refractivity contribution in [2.75, 3.05) is 49.3 Å². The molecule has 1 rings (SSSR count). The van der Waals surface area contributed by atoms with E-state index in [0.717, 1.165) is 14.7 Å². The van der Waals surface area contributed by atoms with Gasteiger partial charge in [-0.2, -0.15) is 0 Å². The van der Waals surface area contributed by atoms with Crippen LogP contribution in [0.25, 0.3) is 0 Å². The minimum absolute atomic E-state index is 0.0255. The number of nitrogens with one attached hydrogen (secondary N) is 4. The Balaban J connectivity index is 4.38. The highest BCUT2D eigenvalue weighted by atomic mass is 16.3. The molecule has 0 aromatic heterocycles. The molecule has 490 valence electrons. The molecule has 0 aromatic carbocycles. The molecule has 86 heavy (non-hydrogen) atoms. The number of allylic oxidation sites excluding steroid dienone is 2. The summed E-state index contributed by atoms with van der Waals surface area (Å²) in [6.07, 6.45) is 2.87. The quantitative estimate of drug-likeness (QED) is 0.116. The van der Waals surface area contributed by atoms with E-state index in [2.05, 4.69) is 27.8 Å². The van der Waals surface area contributed by atoms with Crippen molar-refractivity contribution in [2.45, 2.75) is 223 Å². The average Bonchev–Trinajstić information content (AvgIpc) is 2.39. The van der Waals surface area contributed by atoms with Gasteiger partial charge in [0.1, 0.15) is 66.1 Å². The molecule has 0 saturated carbocycles. The fraction of sp³-hybridized carbons (Fsp3) is 0.762. The lowest BCUT2D eigenvalue weighted by Gasteiger charge is -2.41. The van der Waals surface area contributed by atoms with Crippen molar-refractivity contribution in [3.05, 3.63) is 24.4 Å². The molecule has 23 nitrogen and oxygen atoms in total. The van der Waals surface area contributed by atoms with Crippen LogP contribution in [0.5, 0.6) is 0 Å². The van der Waals surface area contributed by atoms with E-state index in [-0.39, 0.29) is 61.5 Å². The molecule has 12 atom stereocenters. The minimum atomic E-state index is -1.64. The third-order valence-electron chi connectivity index (χ3n) is 16.2. The summed E-state index contributed by atoms with van der Waals surface area (Å²) in [6, 6.07) is -12.6. The number of aliphatic hydroxyl groups excluding tert-OH is 1. The third kappa shape index (κ3) is 20.9. The lowest BCUT2D eigenvalue weighted by Crippen LogP contribution is -2.63. The zero-order valence-electron chi connectivity index (χ0n) is 56.6. The molecule has 0 radical (unpaired) electrons. The van der Waals surface area contributed by atoms with Gasteiger partial charge in [-0.15, -0.1) is 0 Å². The molecule has 0 bridgehead atoms. The summed E-state index contributed by atoms with van der Waals surface area (Å²) in [7, 11) is 9.75. The fourth-order valence-electron chi connectivity index (χ4n) is 10.7. The van der Waals surface area contributed by atoms with Crippen LogP contribution in [0.2, 0.25) is 0 Å². The first-order valence-electron chi connectivity index (χ1n) is 30.7. The Hall–Kier alpha value is -6.39. The zero-order chi connectivity index (χ0) is 66.8. The van der Waals surface area contributed by atoms with Crippen molar-refractivity contribution in [3.8, 4) is 0 Å². The Morgan fingerprint density at radius 2 is 0.872 bits per heavy atom. The summed E-state index contributed by atoms with van der Waals surface area (Å²) in [5, 5.41) is 23.0. The molecule has 0 unspecified atom stereocenters. The molecule has 1 aliphatic rings. The first-order valence-corrected chi connectivity index (χ1v) is 30.7. The van der Waals surface area contributed by atoms with Crippen LogP contribution in [0.15, 0.2) is 24.4 Å². The van der Waals surface area contributed by atoms with Gasteiger partial charge >= 0.3 is 0 Å². The summed E-state index contributed by atoms with van der Waals surface area (Å²) >= 11 is 0. The second-order valence-electron chi connectivity index (χ2n) is 26.2. The largest absolute Gasteiger partial charge is 0.390 e. The van der Waals surface area contributed by atoms with Gasteiger partial charge in [0.05, 0.1) is 6.10 Å². The summed E-state index contributed by atoms with van der Waals surface area (Å²) in [6.45, 7) is 33.7. The zero-order valence-corrected chi connectivity index (χ0v) is 56.6. The maximum atomic E-state index is 15.2. The number of hydrogen-bond acceptors (Lipinski definition) is 12. The Labute approximate surface area is 514 Å². The minimum Gasteiger partial charge on any atom is -0.390 e. The van der Waals surface area contributed by atoms with Crippen LogP contribution >= 0.6 is 0 Å². The van der Waals surface area contributed by atoms with Gasteiger partial charge in [-0.1, -0.05) is 116 Å². The molecule has 1 aliphatic heterocycles. The van der Waals surface area contributed by atoms with Gasteiger partial charge in [0, 0.05) is 49.3 Å². The number of carbonyl (C=O) groups excluding carboxylic acids is 11. The Bertz CT molecular complexity index is 2410. The Morgan fingerprint density at radius 3 is 1.31 bits per heavy atom. The molecule has 1 saturated heterocycles. The highest BCUT2D eigenvalue weighted by Gasteiger charge is 2.46. The van der Waals surface area contributed by atoms with Crippen LogP contribution in [-0.4, -0.2) is 220 Å². The van der Waals surface area contributed by atoms with Crippen molar-refractivity contribution in [1.29, 1.82) is 0 Å². The van der Waals surface area contributed by atoms with E-state index in [0.29, 0.717) is 6.42 Å². The molecule has 5 N–H and O–H groups in total. The first-order chi connectivity index (χ1) is 39.6. The summed E-state index contributed by atoms with van der Waals surface area (Å²) in [4.78, 5) is 169. The van der Waals surface area contributed by atoms with Crippen LogP contribution in [0, 0.1) is 41.4 Å². The molecule has 1 fully saturated rings. The van der Waals surface area contributed by atoms with Gasteiger partial charge in [-0.05, 0) is 101 Å². The van der Waals surface area contributed by atoms with Crippen LogP contribution in [-0.2, 0) is 52.7 Å². The SMILES string of the molecule is C=C1C(=O)N(C)[C@@H](CC(C)C)C(=O)N[C@H](C(C)C)C(=O)N(C)[C@H](CC(C)C)C(=O)N[C@H](C)C(=O)N[C@@H](C)C(=O)N(C)[C@H](CC(C)C)C(=O)N(C)[C@H](CC(C)C)C(=O)N(C)[C@H](C(C)C)C(=O)N(C)[C@H]([C@H](O)[C@H](C)CC=CC)C(=O)N[C@H](CC)C(=O)N1C. The Morgan fingerprint density at radius 1 is 0.465 bits per heavy atom. The van der Waals surface area contributed by atoms with Crippen LogP contribution in [0.3, 0.4) is 0 Å². The van der Waals surface area contributed by atoms with Crippen molar-refractivity contribution in [3.63, 3.8) is 0 Å². The van der Waals surface area contributed by atoms with Gasteiger partial charge in [0.25, 0.3) is 5.91 Å². The molecule has 0 aromatic rings. The molecule has 23 heteroatoms. The van der Waals surface area contributed by atoms with Crippen molar-refractivity contribution >= 4 is 65.0 Å². The standard InChI is InChI=1S/C63H111N11O12/c1-26-28-29-40(15)52(75)51-56(79)66-44(27-2)59(82)68(19)43(18)58(81)69(20)46(31-35(5)6)55(78)67-49(38(11)12)62(85)70(21)45(30-34(3)4)54(77)64-41(16)53(76)65-42(17)57(80)71(22)47(32-36(7)8)60(83)72(23)48(33-37(9)10)61(84)73(24)50(39(13)14)63(86)74(51)25/h26,28,34-42,44-52,75H,18,27,29-33H2,1-17,19-25H3,(H,64,77)(H,65,76)(H,66,79)(H,67,78)/t40-,41-,42+,44-,45-,46+,47-,48-,49-,50-,51-,52-/m1/s1. The van der Waals surface area contributed by atoms with Gasteiger partial charge in [0.2, 0.25) is 59.1 Å². The first kappa shape index (κ1) is 77.6. The lowest BCUT2D eigenvalue weighted by atomic mass is 9.91. The van der Waals surface area contributed by atoms with E-state index in [1.807, 2.05) is 55.4 Å². The highest BCUT2D eigenvalue weighted by molar-refractivity contribution is 6.02. The molecular weight excluding hydrogens is 1100 g/mol. The monoisotopic (exact) mass is 1210 g/mol. The topological polar surface area (TPSA) is 279 Å². The predicted molar refractivity (Wildman–Crippen MR) is 333 cm³/mol. The van der Waals surface area contributed by atoms with Crippen LogP contribution in [0.4, 0.5) is 0 Å². The molecule has 0 aliphatic carbocycles. The molecular formula is C63H111N11O12. The Kier molecular flexibility index (Phi) is 31.4. The van der Waals surface area contributed by atoms with Crippen LogP contribution < -0.4 is 21.3 Å². The highest BCUT2D eigenvalue weighted by Crippen LogP contribution is 2.26. The van der Waals surface area contributed by atoms with E-state index in [4.69, 9.17) is 0 Å². The number of hydrogen-bond donors (Lipinski definition) is 5. The normalized spacial score (nSPS) is 26.8. The van der Waals surface area contributed by atoms with E-state index >= 15 is 9.59 Å².